The summed E-state index contributed by atoms with van der Waals surface area (Å²) in [7, 11) is 0. The molecule has 1 saturated heterocycles. The molecule has 1 heterocycles. The van der Waals surface area contributed by atoms with E-state index in [4.69, 9.17) is 4.74 Å². The highest BCUT2D eigenvalue weighted by atomic mass is 19.4. The smallest absolute Gasteiger partial charge is 0.422 e. The van der Waals surface area contributed by atoms with Crippen LogP contribution in [0.3, 0.4) is 0 Å². The fraction of sp³-hybridized carbons (Fsp3) is 0.538. The van der Waals surface area contributed by atoms with Crippen LogP contribution in [0.5, 0.6) is 5.75 Å². The second-order valence-electron chi connectivity index (χ2n) is 4.49. The van der Waals surface area contributed by atoms with Crippen molar-refractivity contribution in [2.75, 3.05) is 25.1 Å². The van der Waals surface area contributed by atoms with E-state index in [-0.39, 0.29) is 11.8 Å². The molecule has 1 fully saturated rings. The first kappa shape index (κ1) is 14.0. The topological polar surface area (TPSA) is 30.5 Å². The van der Waals surface area contributed by atoms with Gasteiger partial charge in [-0.25, -0.2) is 0 Å². The molecule has 106 valence electrons. The first-order valence-corrected chi connectivity index (χ1v) is 6.17. The standard InChI is InChI=1S/C13H16F3NO2/c14-13(15,16)9-19-12-5-3-10(4-6-12)17-11-2-1-7-18-8-11/h3-6,11,17H,1-2,7-9H2. The molecule has 1 unspecified atom stereocenters. The van der Waals surface area contributed by atoms with Crippen LogP contribution >= 0.6 is 0 Å². The molecule has 3 nitrogen and oxygen atoms in total. The maximum Gasteiger partial charge on any atom is 0.422 e. The van der Waals surface area contributed by atoms with Crippen molar-refractivity contribution < 1.29 is 22.6 Å². The van der Waals surface area contributed by atoms with Crippen LogP contribution in [-0.2, 0) is 4.74 Å². The van der Waals surface area contributed by atoms with Gasteiger partial charge in [-0.2, -0.15) is 13.2 Å². The molecule has 1 N–H and O–H groups in total. The molecule has 1 atom stereocenters. The summed E-state index contributed by atoms with van der Waals surface area (Å²) in [6.07, 6.45) is -2.26. The third-order valence-electron chi connectivity index (χ3n) is 2.79. The molecular weight excluding hydrogens is 259 g/mol. The predicted molar refractivity (Wildman–Crippen MR) is 65.5 cm³/mol. The fourth-order valence-corrected chi connectivity index (χ4v) is 1.90. The van der Waals surface area contributed by atoms with Gasteiger partial charge in [0.1, 0.15) is 5.75 Å². The third-order valence-corrected chi connectivity index (χ3v) is 2.79. The fourth-order valence-electron chi connectivity index (χ4n) is 1.90. The van der Waals surface area contributed by atoms with E-state index >= 15 is 0 Å². The van der Waals surface area contributed by atoms with E-state index in [1.165, 1.54) is 12.1 Å². The number of rotatable bonds is 4. The van der Waals surface area contributed by atoms with E-state index in [1.54, 1.807) is 12.1 Å². The molecule has 1 aromatic rings. The van der Waals surface area contributed by atoms with E-state index in [0.29, 0.717) is 6.61 Å². The van der Waals surface area contributed by atoms with Crippen molar-refractivity contribution in [3.8, 4) is 5.75 Å². The van der Waals surface area contributed by atoms with Crippen LogP contribution in [-0.4, -0.2) is 32.0 Å². The molecule has 0 radical (unpaired) electrons. The highest BCUT2D eigenvalue weighted by molar-refractivity contribution is 5.47. The van der Waals surface area contributed by atoms with Crippen molar-refractivity contribution in [2.45, 2.75) is 25.1 Å². The Hall–Kier alpha value is -1.43. The minimum absolute atomic E-state index is 0.211. The SMILES string of the molecule is FC(F)(F)COc1ccc(NC2CCCOC2)cc1. The van der Waals surface area contributed by atoms with Gasteiger partial charge in [-0.15, -0.1) is 0 Å². The predicted octanol–water partition coefficient (Wildman–Crippen LogP) is 3.22. The largest absolute Gasteiger partial charge is 0.484 e. The Morgan fingerprint density at radius 2 is 2.00 bits per heavy atom. The van der Waals surface area contributed by atoms with Crippen LogP contribution in [0, 0.1) is 0 Å². The zero-order chi connectivity index (χ0) is 13.7. The summed E-state index contributed by atoms with van der Waals surface area (Å²) in [4.78, 5) is 0. The highest BCUT2D eigenvalue weighted by Crippen LogP contribution is 2.21. The maximum atomic E-state index is 12.0. The van der Waals surface area contributed by atoms with Crippen LogP contribution in [0.2, 0.25) is 0 Å². The Balaban J connectivity index is 1.83. The van der Waals surface area contributed by atoms with Crippen molar-refractivity contribution in [3.05, 3.63) is 24.3 Å². The van der Waals surface area contributed by atoms with Crippen molar-refractivity contribution in [1.82, 2.24) is 0 Å². The van der Waals surface area contributed by atoms with Gasteiger partial charge in [-0.05, 0) is 37.1 Å². The van der Waals surface area contributed by atoms with Crippen LogP contribution in [0.4, 0.5) is 18.9 Å². The van der Waals surface area contributed by atoms with Gasteiger partial charge in [-0.3, -0.25) is 0 Å². The molecule has 0 saturated carbocycles. The van der Waals surface area contributed by atoms with E-state index < -0.39 is 12.8 Å². The minimum Gasteiger partial charge on any atom is -0.484 e. The van der Waals surface area contributed by atoms with E-state index in [1.807, 2.05) is 0 Å². The Bertz CT molecular complexity index is 386. The van der Waals surface area contributed by atoms with Gasteiger partial charge in [0.2, 0.25) is 0 Å². The number of nitrogens with one attached hydrogen (secondary N) is 1. The molecule has 1 aliphatic rings. The van der Waals surface area contributed by atoms with Gasteiger partial charge >= 0.3 is 6.18 Å². The lowest BCUT2D eigenvalue weighted by Gasteiger charge is -2.24. The monoisotopic (exact) mass is 275 g/mol. The molecule has 0 amide bonds. The zero-order valence-electron chi connectivity index (χ0n) is 10.4. The number of benzene rings is 1. The van der Waals surface area contributed by atoms with Gasteiger partial charge in [0, 0.05) is 18.3 Å². The van der Waals surface area contributed by atoms with E-state index in [0.717, 1.165) is 25.1 Å². The molecule has 1 aromatic carbocycles. The Morgan fingerprint density at radius 1 is 1.26 bits per heavy atom. The first-order valence-electron chi connectivity index (χ1n) is 6.17. The number of hydrogen-bond donors (Lipinski definition) is 1. The zero-order valence-corrected chi connectivity index (χ0v) is 10.4. The van der Waals surface area contributed by atoms with Crippen LogP contribution in [0.25, 0.3) is 0 Å². The quantitative estimate of drug-likeness (QED) is 0.915. The minimum atomic E-state index is -4.31. The van der Waals surface area contributed by atoms with Gasteiger partial charge < -0.3 is 14.8 Å². The number of anilines is 1. The molecule has 19 heavy (non-hydrogen) atoms. The van der Waals surface area contributed by atoms with Crippen LogP contribution < -0.4 is 10.1 Å². The molecule has 0 aromatic heterocycles. The second kappa shape index (κ2) is 6.14. The Labute approximate surface area is 109 Å². The molecular formula is C13H16F3NO2. The van der Waals surface area contributed by atoms with Crippen LogP contribution in [0.1, 0.15) is 12.8 Å². The summed E-state index contributed by atoms with van der Waals surface area (Å²) in [5, 5.41) is 3.28. The lowest BCUT2D eigenvalue weighted by molar-refractivity contribution is -0.153. The summed E-state index contributed by atoms with van der Waals surface area (Å²) in [5.74, 6) is 0.211. The molecule has 2 rings (SSSR count). The maximum absolute atomic E-state index is 12.0. The van der Waals surface area contributed by atoms with Gasteiger partial charge in [0.15, 0.2) is 6.61 Å². The summed E-state index contributed by atoms with van der Waals surface area (Å²) in [5.41, 5.74) is 0.856. The second-order valence-corrected chi connectivity index (χ2v) is 4.49. The van der Waals surface area contributed by atoms with Crippen LogP contribution in [0.15, 0.2) is 24.3 Å². The summed E-state index contributed by atoms with van der Waals surface area (Å²) >= 11 is 0. The summed E-state index contributed by atoms with van der Waals surface area (Å²) in [6, 6.07) is 6.73. The highest BCUT2D eigenvalue weighted by Gasteiger charge is 2.28. The normalized spacial score (nSPS) is 20.1. The van der Waals surface area contributed by atoms with Crippen molar-refractivity contribution in [3.63, 3.8) is 0 Å². The summed E-state index contributed by atoms with van der Waals surface area (Å²) in [6.45, 7) is 0.185. The first-order chi connectivity index (χ1) is 9.03. The van der Waals surface area contributed by atoms with Gasteiger partial charge in [0.05, 0.1) is 6.61 Å². The third kappa shape index (κ3) is 4.98. The molecule has 6 heteroatoms. The number of ether oxygens (including phenoxy) is 2. The molecule has 0 spiro atoms. The number of alkyl halides is 3. The Morgan fingerprint density at radius 3 is 2.58 bits per heavy atom. The average Bonchev–Trinajstić information content (AvgIpc) is 2.38. The lowest BCUT2D eigenvalue weighted by Crippen LogP contribution is -2.29. The summed E-state index contributed by atoms with van der Waals surface area (Å²) < 4.78 is 45.9. The van der Waals surface area contributed by atoms with Crippen molar-refractivity contribution in [1.29, 1.82) is 0 Å². The molecule has 0 bridgehead atoms. The van der Waals surface area contributed by atoms with Gasteiger partial charge in [0.25, 0.3) is 0 Å². The lowest BCUT2D eigenvalue weighted by atomic mass is 10.1. The van der Waals surface area contributed by atoms with Crippen molar-refractivity contribution in [2.24, 2.45) is 0 Å². The molecule has 1 aliphatic heterocycles. The Kier molecular flexibility index (Phi) is 4.52. The average molecular weight is 275 g/mol. The number of hydrogen-bond acceptors (Lipinski definition) is 3. The van der Waals surface area contributed by atoms with Crippen molar-refractivity contribution >= 4 is 5.69 Å². The van der Waals surface area contributed by atoms with E-state index in [9.17, 15) is 13.2 Å². The van der Waals surface area contributed by atoms with Gasteiger partial charge in [-0.1, -0.05) is 0 Å². The van der Waals surface area contributed by atoms with E-state index in [2.05, 4.69) is 10.1 Å². The number of halogens is 3. The molecule has 0 aliphatic carbocycles.